The Balaban J connectivity index is 2.82. The van der Waals surface area contributed by atoms with Gasteiger partial charge in [0.25, 0.3) is 0 Å². The number of hydrogen-bond acceptors (Lipinski definition) is 3. The molecule has 3 nitrogen and oxygen atoms in total. The van der Waals surface area contributed by atoms with Crippen LogP contribution in [0.25, 0.3) is 11.0 Å². The molecular weight excluding hydrogens is 198 g/mol. The van der Waals surface area contributed by atoms with Crippen LogP contribution in [0.15, 0.2) is 18.3 Å². The second-order valence-corrected chi connectivity index (χ2v) is 3.35. The van der Waals surface area contributed by atoms with Crippen LogP contribution in [0.3, 0.4) is 0 Å². The number of fused-ring (bicyclic) bond motifs is 1. The van der Waals surface area contributed by atoms with Gasteiger partial charge in [0.1, 0.15) is 5.15 Å². The summed E-state index contributed by atoms with van der Waals surface area (Å²) in [5.41, 5.74) is 2.91. The highest BCUT2D eigenvalue weighted by Gasteiger charge is 2.03. The highest BCUT2D eigenvalue weighted by molar-refractivity contribution is 6.29. The molecule has 0 fully saturated rings. The molecule has 2 rings (SSSR count). The minimum Gasteiger partial charge on any atom is -0.251 e. The fourth-order valence-electron chi connectivity index (χ4n) is 1.26. The standard InChI is InChI=1S/C10H6ClN3/c1-6-2-8-9(3-7(6)4-12)14-10(11)5-13-8/h2-3,5H,1H3. The molecule has 0 saturated heterocycles. The van der Waals surface area contributed by atoms with Gasteiger partial charge < -0.3 is 0 Å². The van der Waals surface area contributed by atoms with Crippen molar-refractivity contribution in [1.29, 1.82) is 5.26 Å². The molecule has 0 unspecified atom stereocenters. The van der Waals surface area contributed by atoms with Crippen LogP contribution in [0, 0.1) is 18.3 Å². The highest BCUT2D eigenvalue weighted by atomic mass is 35.5. The zero-order chi connectivity index (χ0) is 10.1. The van der Waals surface area contributed by atoms with E-state index in [0.29, 0.717) is 16.2 Å². The van der Waals surface area contributed by atoms with Crippen molar-refractivity contribution in [3.8, 4) is 6.07 Å². The zero-order valence-electron chi connectivity index (χ0n) is 7.45. The maximum Gasteiger partial charge on any atom is 0.148 e. The monoisotopic (exact) mass is 203 g/mol. The molecule has 0 N–H and O–H groups in total. The number of nitriles is 1. The van der Waals surface area contributed by atoms with Crippen molar-refractivity contribution in [2.45, 2.75) is 6.92 Å². The van der Waals surface area contributed by atoms with Gasteiger partial charge in [-0.2, -0.15) is 5.26 Å². The first-order valence-corrected chi connectivity index (χ1v) is 4.41. The summed E-state index contributed by atoms with van der Waals surface area (Å²) in [4.78, 5) is 8.19. The molecule has 0 bridgehead atoms. The van der Waals surface area contributed by atoms with E-state index in [1.54, 1.807) is 6.07 Å². The molecule has 0 spiro atoms. The minimum atomic E-state index is 0.338. The second kappa shape index (κ2) is 3.24. The van der Waals surface area contributed by atoms with Crippen LogP contribution in [0.4, 0.5) is 0 Å². The topological polar surface area (TPSA) is 49.6 Å². The number of aromatic nitrogens is 2. The molecule has 0 saturated carbocycles. The second-order valence-electron chi connectivity index (χ2n) is 2.96. The Hall–Kier alpha value is -1.66. The Labute approximate surface area is 86.0 Å². The molecular formula is C10H6ClN3. The normalized spacial score (nSPS) is 10.1. The summed E-state index contributed by atoms with van der Waals surface area (Å²) >= 11 is 5.70. The van der Waals surface area contributed by atoms with Crippen LogP contribution in [-0.4, -0.2) is 9.97 Å². The Morgan fingerprint density at radius 3 is 2.86 bits per heavy atom. The van der Waals surface area contributed by atoms with Gasteiger partial charge in [0.2, 0.25) is 0 Å². The molecule has 1 aromatic heterocycles. The number of benzene rings is 1. The third-order valence-electron chi connectivity index (χ3n) is 1.98. The van der Waals surface area contributed by atoms with Crippen LogP contribution in [-0.2, 0) is 0 Å². The first kappa shape index (κ1) is 8.92. The lowest BCUT2D eigenvalue weighted by molar-refractivity contribution is 1.27. The van der Waals surface area contributed by atoms with Gasteiger partial charge in [-0.15, -0.1) is 0 Å². The number of aryl methyl sites for hydroxylation is 1. The predicted octanol–water partition coefficient (Wildman–Crippen LogP) is 2.46. The predicted molar refractivity (Wildman–Crippen MR) is 54.0 cm³/mol. The fraction of sp³-hybridized carbons (Fsp3) is 0.100. The van der Waals surface area contributed by atoms with Crippen LogP contribution in [0.2, 0.25) is 5.15 Å². The summed E-state index contributed by atoms with van der Waals surface area (Å²) in [6, 6.07) is 5.62. The van der Waals surface area contributed by atoms with E-state index < -0.39 is 0 Å². The SMILES string of the molecule is Cc1cc2ncc(Cl)nc2cc1C#N. The first-order chi connectivity index (χ1) is 6.70. The van der Waals surface area contributed by atoms with E-state index in [1.165, 1.54) is 6.20 Å². The largest absolute Gasteiger partial charge is 0.251 e. The third kappa shape index (κ3) is 1.40. The summed E-state index contributed by atoms with van der Waals surface area (Å²) in [7, 11) is 0. The Kier molecular flexibility index (Phi) is 2.06. The van der Waals surface area contributed by atoms with Gasteiger partial charge in [0, 0.05) is 0 Å². The van der Waals surface area contributed by atoms with E-state index in [9.17, 15) is 0 Å². The minimum absolute atomic E-state index is 0.338. The Morgan fingerprint density at radius 1 is 1.36 bits per heavy atom. The number of rotatable bonds is 0. The van der Waals surface area contributed by atoms with E-state index in [1.807, 2.05) is 13.0 Å². The highest BCUT2D eigenvalue weighted by Crippen LogP contribution is 2.17. The molecule has 0 aliphatic carbocycles. The van der Waals surface area contributed by atoms with Crippen molar-refractivity contribution in [3.63, 3.8) is 0 Å². The van der Waals surface area contributed by atoms with E-state index >= 15 is 0 Å². The lowest BCUT2D eigenvalue weighted by Gasteiger charge is -2.00. The van der Waals surface area contributed by atoms with E-state index in [0.717, 1.165) is 11.1 Å². The van der Waals surface area contributed by atoms with Crippen molar-refractivity contribution >= 4 is 22.6 Å². The van der Waals surface area contributed by atoms with E-state index in [4.69, 9.17) is 16.9 Å². The maximum atomic E-state index is 8.82. The van der Waals surface area contributed by atoms with Crippen molar-refractivity contribution in [1.82, 2.24) is 9.97 Å². The van der Waals surface area contributed by atoms with Gasteiger partial charge in [-0.05, 0) is 24.6 Å². The van der Waals surface area contributed by atoms with Crippen LogP contribution in [0.1, 0.15) is 11.1 Å². The average molecular weight is 204 g/mol. The molecule has 0 aliphatic rings. The van der Waals surface area contributed by atoms with E-state index in [-0.39, 0.29) is 0 Å². The van der Waals surface area contributed by atoms with Crippen LogP contribution >= 0.6 is 11.6 Å². The number of nitrogens with zero attached hydrogens (tertiary/aromatic N) is 3. The van der Waals surface area contributed by atoms with Gasteiger partial charge in [0.15, 0.2) is 0 Å². The molecule has 0 amide bonds. The summed E-state index contributed by atoms with van der Waals surface area (Å²) in [5, 5.41) is 9.15. The lowest BCUT2D eigenvalue weighted by Crippen LogP contribution is -1.88. The van der Waals surface area contributed by atoms with Gasteiger partial charge in [-0.1, -0.05) is 11.6 Å². The van der Waals surface area contributed by atoms with Gasteiger partial charge >= 0.3 is 0 Å². The van der Waals surface area contributed by atoms with Crippen LogP contribution < -0.4 is 0 Å². The molecule has 68 valence electrons. The van der Waals surface area contributed by atoms with Crippen molar-refractivity contribution in [3.05, 3.63) is 34.6 Å². The maximum absolute atomic E-state index is 8.82. The average Bonchev–Trinajstić information content (AvgIpc) is 2.17. The molecule has 0 radical (unpaired) electrons. The zero-order valence-corrected chi connectivity index (χ0v) is 8.21. The van der Waals surface area contributed by atoms with Crippen LogP contribution in [0.5, 0.6) is 0 Å². The molecule has 0 aliphatic heterocycles. The Morgan fingerprint density at radius 2 is 2.14 bits per heavy atom. The summed E-state index contributed by atoms with van der Waals surface area (Å²) < 4.78 is 0. The van der Waals surface area contributed by atoms with Gasteiger partial charge in [-0.25, -0.2) is 4.98 Å². The van der Waals surface area contributed by atoms with Crippen molar-refractivity contribution in [2.24, 2.45) is 0 Å². The molecule has 4 heteroatoms. The molecule has 14 heavy (non-hydrogen) atoms. The number of halogens is 1. The summed E-state index contributed by atoms with van der Waals surface area (Å²) in [6.45, 7) is 1.87. The molecule has 2 aromatic rings. The summed E-state index contributed by atoms with van der Waals surface area (Å²) in [6.07, 6.45) is 1.50. The smallest absolute Gasteiger partial charge is 0.148 e. The first-order valence-electron chi connectivity index (χ1n) is 4.03. The van der Waals surface area contributed by atoms with E-state index in [2.05, 4.69) is 16.0 Å². The van der Waals surface area contributed by atoms with Crippen molar-refractivity contribution < 1.29 is 0 Å². The lowest BCUT2D eigenvalue weighted by atomic mass is 10.1. The molecule has 0 atom stereocenters. The summed E-state index contributed by atoms with van der Waals surface area (Å²) in [5.74, 6) is 0. The Bertz CT molecular complexity index is 543. The third-order valence-corrected chi connectivity index (χ3v) is 2.16. The van der Waals surface area contributed by atoms with Gasteiger partial charge in [-0.3, -0.25) is 4.98 Å². The fourth-order valence-corrected chi connectivity index (χ4v) is 1.40. The number of hydrogen-bond donors (Lipinski definition) is 0. The quantitative estimate of drug-likeness (QED) is 0.661. The molecule has 1 aromatic carbocycles. The molecule has 1 heterocycles. The van der Waals surface area contributed by atoms with Gasteiger partial charge in [0.05, 0.1) is 28.9 Å². The van der Waals surface area contributed by atoms with Crippen molar-refractivity contribution in [2.75, 3.05) is 0 Å².